The average Bonchev–Trinajstić information content (AvgIpc) is 3.29. The zero-order valence-corrected chi connectivity index (χ0v) is 19.0. The summed E-state index contributed by atoms with van der Waals surface area (Å²) in [7, 11) is 1.60. The van der Waals surface area contributed by atoms with E-state index in [1.54, 1.807) is 19.2 Å². The van der Waals surface area contributed by atoms with E-state index in [1.807, 2.05) is 66.7 Å². The van der Waals surface area contributed by atoms with Crippen LogP contribution >= 0.6 is 11.3 Å². The van der Waals surface area contributed by atoms with E-state index in [9.17, 15) is 9.59 Å². The minimum Gasteiger partial charge on any atom is -0.497 e. The summed E-state index contributed by atoms with van der Waals surface area (Å²) >= 11 is 1.36. The molecular formula is C26H19N3O4S. The smallest absolute Gasteiger partial charge is 0.339 e. The fourth-order valence-corrected chi connectivity index (χ4v) is 4.43. The number of thiazole rings is 1. The molecule has 7 nitrogen and oxygen atoms in total. The Balaban J connectivity index is 1.35. The summed E-state index contributed by atoms with van der Waals surface area (Å²) in [5.74, 6) is -0.336. The number of rotatable bonds is 6. The zero-order chi connectivity index (χ0) is 23.5. The van der Waals surface area contributed by atoms with Crippen LogP contribution in [0.3, 0.4) is 0 Å². The Hall–Kier alpha value is -4.30. The van der Waals surface area contributed by atoms with Crippen molar-refractivity contribution < 1.29 is 19.1 Å². The molecule has 0 fully saturated rings. The number of hydrogen-bond acceptors (Lipinski definition) is 7. The lowest BCUT2D eigenvalue weighted by molar-refractivity contribution is -0.119. The SMILES string of the molecule is COc1ccc(-c2cc(C(=O)OCC(=O)Nc3nc4ccccc4s3)c3ccccc3n2)cc1. The van der Waals surface area contributed by atoms with Gasteiger partial charge >= 0.3 is 5.97 Å². The molecule has 0 saturated carbocycles. The molecule has 5 rings (SSSR count). The third-order valence-electron chi connectivity index (χ3n) is 5.20. The van der Waals surface area contributed by atoms with E-state index >= 15 is 0 Å². The molecule has 0 radical (unpaired) electrons. The first kappa shape index (κ1) is 21.5. The average molecular weight is 470 g/mol. The Labute approximate surface area is 199 Å². The molecule has 5 aromatic rings. The highest BCUT2D eigenvalue weighted by atomic mass is 32.1. The number of aromatic nitrogens is 2. The fraction of sp³-hybridized carbons (Fsp3) is 0.0769. The van der Waals surface area contributed by atoms with Gasteiger partial charge in [-0.15, -0.1) is 0 Å². The number of ether oxygens (including phenoxy) is 2. The molecule has 0 aliphatic carbocycles. The number of esters is 1. The zero-order valence-electron chi connectivity index (χ0n) is 18.1. The van der Waals surface area contributed by atoms with Gasteiger partial charge in [0.15, 0.2) is 11.7 Å². The van der Waals surface area contributed by atoms with Crippen LogP contribution in [0.5, 0.6) is 5.75 Å². The van der Waals surface area contributed by atoms with Crippen molar-refractivity contribution in [3.8, 4) is 17.0 Å². The van der Waals surface area contributed by atoms with Crippen LogP contribution in [0.2, 0.25) is 0 Å². The maximum Gasteiger partial charge on any atom is 0.339 e. The van der Waals surface area contributed by atoms with Crippen LogP contribution in [0, 0.1) is 0 Å². The van der Waals surface area contributed by atoms with Gasteiger partial charge in [0.25, 0.3) is 5.91 Å². The maximum atomic E-state index is 13.0. The highest BCUT2D eigenvalue weighted by Gasteiger charge is 2.17. The minimum atomic E-state index is -0.604. The van der Waals surface area contributed by atoms with E-state index in [4.69, 9.17) is 9.47 Å². The number of carbonyl (C=O) groups is 2. The lowest BCUT2D eigenvalue weighted by Gasteiger charge is -2.10. The molecular weight excluding hydrogens is 450 g/mol. The van der Waals surface area contributed by atoms with Gasteiger partial charge in [0, 0.05) is 10.9 Å². The second-order valence-corrected chi connectivity index (χ2v) is 8.44. The number of nitrogens with one attached hydrogen (secondary N) is 1. The predicted molar refractivity (Wildman–Crippen MR) is 132 cm³/mol. The standard InChI is InChI=1S/C26H19N3O4S/c1-32-17-12-10-16(11-13-17)22-14-19(18-6-2-3-7-20(18)27-22)25(31)33-15-24(30)29-26-28-21-8-4-5-9-23(21)34-26/h2-14H,15H2,1H3,(H,28,29,30). The van der Waals surface area contributed by atoms with E-state index in [0.717, 1.165) is 21.5 Å². The van der Waals surface area contributed by atoms with Crippen molar-refractivity contribution in [2.24, 2.45) is 0 Å². The molecule has 1 amide bonds. The molecule has 34 heavy (non-hydrogen) atoms. The van der Waals surface area contributed by atoms with Crippen LogP contribution < -0.4 is 10.1 Å². The van der Waals surface area contributed by atoms with E-state index in [1.165, 1.54) is 11.3 Å². The Morgan fingerprint density at radius 2 is 1.65 bits per heavy atom. The van der Waals surface area contributed by atoms with Crippen molar-refractivity contribution in [2.75, 3.05) is 19.0 Å². The number of pyridine rings is 1. The van der Waals surface area contributed by atoms with Crippen LogP contribution in [0.15, 0.2) is 78.9 Å². The van der Waals surface area contributed by atoms with Gasteiger partial charge < -0.3 is 9.47 Å². The first-order chi connectivity index (χ1) is 16.6. The second-order valence-electron chi connectivity index (χ2n) is 7.41. The van der Waals surface area contributed by atoms with Crippen molar-refractivity contribution >= 4 is 49.5 Å². The number of benzene rings is 3. The molecule has 2 heterocycles. The van der Waals surface area contributed by atoms with E-state index < -0.39 is 18.5 Å². The van der Waals surface area contributed by atoms with Crippen molar-refractivity contribution in [2.45, 2.75) is 0 Å². The number of hydrogen-bond donors (Lipinski definition) is 1. The molecule has 2 aromatic heterocycles. The van der Waals surface area contributed by atoms with Gasteiger partial charge in [-0.05, 0) is 48.5 Å². The predicted octanol–water partition coefficient (Wildman–Crippen LogP) is 5.32. The maximum absolute atomic E-state index is 13.0. The molecule has 0 bridgehead atoms. The largest absolute Gasteiger partial charge is 0.497 e. The monoisotopic (exact) mass is 469 g/mol. The summed E-state index contributed by atoms with van der Waals surface area (Å²) < 4.78 is 11.5. The van der Waals surface area contributed by atoms with Gasteiger partial charge in [0.05, 0.1) is 34.1 Å². The number of fused-ring (bicyclic) bond motifs is 2. The quantitative estimate of drug-likeness (QED) is 0.339. The van der Waals surface area contributed by atoms with Crippen molar-refractivity contribution in [3.05, 3.63) is 84.4 Å². The number of methoxy groups -OCH3 is 1. The van der Waals surface area contributed by atoms with Crippen molar-refractivity contribution in [1.29, 1.82) is 0 Å². The topological polar surface area (TPSA) is 90.4 Å². The summed E-state index contributed by atoms with van der Waals surface area (Å²) in [5, 5.41) is 3.80. The molecule has 168 valence electrons. The highest BCUT2D eigenvalue weighted by molar-refractivity contribution is 7.22. The number of anilines is 1. The number of amides is 1. The van der Waals surface area contributed by atoms with E-state index in [-0.39, 0.29) is 0 Å². The Morgan fingerprint density at radius 1 is 0.912 bits per heavy atom. The third-order valence-corrected chi connectivity index (χ3v) is 6.15. The number of nitrogens with zero attached hydrogens (tertiary/aromatic N) is 2. The van der Waals surface area contributed by atoms with Gasteiger partial charge in [-0.3, -0.25) is 10.1 Å². The van der Waals surface area contributed by atoms with Gasteiger partial charge in [-0.1, -0.05) is 41.7 Å². The lowest BCUT2D eigenvalue weighted by atomic mass is 10.0. The van der Waals surface area contributed by atoms with Crippen LogP contribution in [0.4, 0.5) is 5.13 Å². The number of carbonyl (C=O) groups excluding carboxylic acids is 2. The van der Waals surface area contributed by atoms with Gasteiger partial charge in [-0.2, -0.15) is 0 Å². The van der Waals surface area contributed by atoms with Crippen LogP contribution in [-0.4, -0.2) is 35.6 Å². The van der Waals surface area contributed by atoms with Crippen LogP contribution in [0.1, 0.15) is 10.4 Å². The highest BCUT2D eigenvalue weighted by Crippen LogP contribution is 2.27. The normalized spacial score (nSPS) is 10.9. The summed E-state index contributed by atoms with van der Waals surface area (Å²) in [6.45, 7) is -0.427. The molecule has 0 aliphatic heterocycles. The number of para-hydroxylation sites is 2. The second kappa shape index (κ2) is 9.29. The third kappa shape index (κ3) is 4.44. The molecule has 0 saturated heterocycles. The summed E-state index contributed by atoms with van der Waals surface area (Å²) in [6, 6.07) is 24.0. The van der Waals surface area contributed by atoms with E-state index in [0.29, 0.717) is 27.3 Å². The summed E-state index contributed by atoms with van der Waals surface area (Å²) in [4.78, 5) is 34.4. The first-order valence-electron chi connectivity index (χ1n) is 10.5. The molecule has 1 N–H and O–H groups in total. The minimum absolute atomic E-state index is 0.337. The summed E-state index contributed by atoms with van der Waals surface area (Å²) in [6.07, 6.45) is 0. The summed E-state index contributed by atoms with van der Waals surface area (Å²) in [5.41, 5.74) is 3.24. The fourth-order valence-electron chi connectivity index (χ4n) is 3.54. The first-order valence-corrected chi connectivity index (χ1v) is 11.3. The van der Waals surface area contributed by atoms with Crippen molar-refractivity contribution in [1.82, 2.24) is 9.97 Å². The molecule has 3 aromatic carbocycles. The lowest BCUT2D eigenvalue weighted by Crippen LogP contribution is -2.21. The Kier molecular flexibility index (Phi) is 5.88. The molecule has 0 atom stereocenters. The van der Waals surface area contributed by atoms with Gasteiger partial charge in [-0.25, -0.2) is 14.8 Å². The molecule has 8 heteroatoms. The Bertz CT molecular complexity index is 1480. The Morgan fingerprint density at radius 3 is 2.41 bits per heavy atom. The van der Waals surface area contributed by atoms with Gasteiger partial charge in [0.2, 0.25) is 0 Å². The molecule has 0 unspecified atom stereocenters. The molecule has 0 spiro atoms. The van der Waals surface area contributed by atoms with Crippen molar-refractivity contribution in [3.63, 3.8) is 0 Å². The van der Waals surface area contributed by atoms with Gasteiger partial charge in [0.1, 0.15) is 5.75 Å². The van der Waals surface area contributed by atoms with E-state index in [2.05, 4.69) is 15.3 Å². The van der Waals surface area contributed by atoms with Crippen LogP contribution in [-0.2, 0) is 9.53 Å². The van der Waals surface area contributed by atoms with Crippen LogP contribution in [0.25, 0.3) is 32.4 Å². The molecule has 0 aliphatic rings.